The molecule has 2 aromatic carbocycles. The summed E-state index contributed by atoms with van der Waals surface area (Å²) >= 11 is 0. The second-order valence-electron chi connectivity index (χ2n) is 7.27. The molecular weight excluding hydrogens is 446 g/mol. The van der Waals surface area contributed by atoms with Gasteiger partial charge in [0, 0.05) is 36.4 Å². The summed E-state index contributed by atoms with van der Waals surface area (Å²) < 4.78 is 2.79. The number of non-ortho nitro benzene ring substituents is 2. The van der Waals surface area contributed by atoms with Crippen LogP contribution in [0.1, 0.15) is 15.9 Å². The number of fused-ring (bicyclic) bond motifs is 1. The predicted octanol–water partition coefficient (Wildman–Crippen LogP) is 1.89. The van der Waals surface area contributed by atoms with Gasteiger partial charge in [0.05, 0.1) is 29.1 Å². The van der Waals surface area contributed by atoms with E-state index in [-0.39, 0.29) is 47.5 Å². The van der Waals surface area contributed by atoms with Gasteiger partial charge < -0.3 is 5.32 Å². The van der Waals surface area contributed by atoms with E-state index in [1.807, 2.05) is 0 Å². The van der Waals surface area contributed by atoms with Crippen molar-refractivity contribution in [1.29, 1.82) is 0 Å². The Morgan fingerprint density at radius 2 is 1.74 bits per heavy atom. The van der Waals surface area contributed by atoms with E-state index < -0.39 is 15.8 Å². The molecular formula is C21H17N7O6. The average molecular weight is 463 g/mol. The molecule has 1 amide bonds. The van der Waals surface area contributed by atoms with Crippen molar-refractivity contribution in [2.45, 2.75) is 13.1 Å². The van der Waals surface area contributed by atoms with E-state index in [4.69, 9.17) is 0 Å². The fourth-order valence-corrected chi connectivity index (χ4v) is 3.38. The first-order valence-electron chi connectivity index (χ1n) is 10.0. The highest BCUT2D eigenvalue weighted by molar-refractivity contribution is 5.94. The van der Waals surface area contributed by atoms with Crippen LogP contribution >= 0.6 is 0 Å². The lowest BCUT2D eigenvalue weighted by molar-refractivity contribution is -0.385. The molecule has 0 saturated carbocycles. The molecule has 0 fully saturated rings. The molecule has 0 aliphatic heterocycles. The molecule has 0 bridgehead atoms. The van der Waals surface area contributed by atoms with Crippen LogP contribution in [-0.2, 0) is 13.1 Å². The maximum absolute atomic E-state index is 12.8. The number of hydrogen-bond acceptors (Lipinski definition) is 8. The molecule has 0 unspecified atom stereocenters. The van der Waals surface area contributed by atoms with Crippen LogP contribution in [0.15, 0.2) is 65.8 Å². The highest BCUT2D eigenvalue weighted by Crippen LogP contribution is 2.15. The minimum absolute atomic E-state index is 0.0699. The summed E-state index contributed by atoms with van der Waals surface area (Å²) in [7, 11) is 0. The second-order valence-corrected chi connectivity index (χ2v) is 7.27. The van der Waals surface area contributed by atoms with Crippen molar-refractivity contribution in [3.05, 3.63) is 103 Å². The third kappa shape index (κ3) is 4.62. The lowest BCUT2D eigenvalue weighted by Crippen LogP contribution is -2.27. The maximum Gasteiger partial charge on any atom is 0.270 e. The Balaban J connectivity index is 1.45. The molecule has 2 heterocycles. The van der Waals surface area contributed by atoms with Crippen molar-refractivity contribution in [2.75, 3.05) is 6.54 Å². The Morgan fingerprint density at radius 3 is 2.47 bits per heavy atom. The summed E-state index contributed by atoms with van der Waals surface area (Å²) in [5, 5.41) is 28.9. The Kier molecular flexibility index (Phi) is 6.07. The SMILES string of the molecule is O=C(NCCn1ncc2c(=O)n(Cc3cccc([N+](=O)[O-])c3)cnc21)c1cccc([N+](=O)[O-])c1. The highest BCUT2D eigenvalue weighted by atomic mass is 16.6. The molecule has 4 aromatic rings. The number of nitro groups is 2. The van der Waals surface area contributed by atoms with E-state index >= 15 is 0 Å². The molecule has 0 radical (unpaired) electrons. The third-order valence-electron chi connectivity index (χ3n) is 5.02. The van der Waals surface area contributed by atoms with Gasteiger partial charge in [-0.1, -0.05) is 18.2 Å². The van der Waals surface area contributed by atoms with Gasteiger partial charge in [-0.25, -0.2) is 9.67 Å². The summed E-state index contributed by atoms with van der Waals surface area (Å²) in [5.41, 5.74) is 0.444. The molecule has 34 heavy (non-hydrogen) atoms. The third-order valence-corrected chi connectivity index (χ3v) is 5.02. The van der Waals surface area contributed by atoms with Gasteiger partial charge in [0.15, 0.2) is 5.65 Å². The van der Waals surface area contributed by atoms with E-state index in [9.17, 15) is 29.8 Å². The minimum Gasteiger partial charge on any atom is -0.350 e. The van der Waals surface area contributed by atoms with Crippen molar-refractivity contribution in [2.24, 2.45) is 0 Å². The highest BCUT2D eigenvalue weighted by Gasteiger charge is 2.14. The molecule has 13 heteroatoms. The molecule has 0 saturated heterocycles. The first-order valence-corrected chi connectivity index (χ1v) is 10.0. The first kappa shape index (κ1) is 22.3. The topological polar surface area (TPSA) is 168 Å². The van der Waals surface area contributed by atoms with Crippen LogP contribution < -0.4 is 10.9 Å². The summed E-state index contributed by atoms with van der Waals surface area (Å²) in [4.78, 5) is 50.1. The van der Waals surface area contributed by atoms with Crippen molar-refractivity contribution < 1.29 is 14.6 Å². The van der Waals surface area contributed by atoms with Gasteiger partial charge in [-0.3, -0.25) is 34.4 Å². The lowest BCUT2D eigenvalue weighted by atomic mass is 10.2. The molecule has 2 aromatic heterocycles. The zero-order valence-corrected chi connectivity index (χ0v) is 17.5. The Morgan fingerprint density at radius 1 is 1.03 bits per heavy atom. The fraction of sp³-hybridized carbons (Fsp3) is 0.143. The Hall–Kier alpha value is -4.94. The first-order chi connectivity index (χ1) is 16.3. The van der Waals surface area contributed by atoms with E-state index in [1.165, 1.54) is 58.2 Å². The van der Waals surface area contributed by atoms with Crippen LogP contribution in [0.3, 0.4) is 0 Å². The quantitative estimate of drug-likeness (QED) is 0.305. The zero-order valence-electron chi connectivity index (χ0n) is 17.5. The number of rotatable bonds is 8. The normalized spacial score (nSPS) is 10.8. The molecule has 172 valence electrons. The van der Waals surface area contributed by atoms with E-state index in [0.717, 1.165) is 0 Å². The van der Waals surface area contributed by atoms with Crippen molar-refractivity contribution in [1.82, 2.24) is 24.6 Å². The monoisotopic (exact) mass is 463 g/mol. The molecule has 0 aliphatic rings. The number of nitrogens with zero attached hydrogens (tertiary/aromatic N) is 6. The van der Waals surface area contributed by atoms with E-state index in [0.29, 0.717) is 11.2 Å². The number of hydrogen-bond donors (Lipinski definition) is 1. The van der Waals surface area contributed by atoms with Crippen LogP contribution in [0.2, 0.25) is 0 Å². The summed E-state index contributed by atoms with van der Waals surface area (Å²) in [5.74, 6) is -0.479. The summed E-state index contributed by atoms with van der Waals surface area (Å²) in [6.07, 6.45) is 2.71. The number of nitro benzene ring substituents is 2. The predicted molar refractivity (Wildman–Crippen MR) is 119 cm³/mol. The molecule has 0 spiro atoms. The smallest absolute Gasteiger partial charge is 0.270 e. The molecule has 1 N–H and O–H groups in total. The van der Waals surface area contributed by atoms with Gasteiger partial charge in [-0.2, -0.15) is 5.10 Å². The van der Waals surface area contributed by atoms with Crippen molar-refractivity contribution >= 4 is 28.3 Å². The van der Waals surface area contributed by atoms with Crippen LogP contribution in [0, 0.1) is 20.2 Å². The van der Waals surface area contributed by atoms with Crippen LogP contribution in [0.4, 0.5) is 11.4 Å². The van der Waals surface area contributed by atoms with Crippen LogP contribution in [-0.4, -0.2) is 41.6 Å². The second kappa shape index (κ2) is 9.28. The van der Waals surface area contributed by atoms with E-state index in [1.54, 1.807) is 12.1 Å². The molecule has 4 rings (SSSR count). The standard InChI is InChI=1S/C21H17N7O6/c29-20(15-4-2-6-17(10-15)28(33)34)22-7-8-26-19-18(11-24-26)21(30)25(13-23-19)12-14-3-1-5-16(9-14)27(31)32/h1-6,9-11,13H,7-8,12H2,(H,22,29). The molecule has 0 aliphatic carbocycles. The van der Waals surface area contributed by atoms with Crippen molar-refractivity contribution in [3.8, 4) is 0 Å². The van der Waals surface area contributed by atoms with Gasteiger partial charge in [0.2, 0.25) is 0 Å². The van der Waals surface area contributed by atoms with E-state index in [2.05, 4.69) is 15.4 Å². The number of nitrogens with one attached hydrogen (secondary N) is 1. The number of carbonyl (C=O) groups excluding carboxylic acids is 1. The Labute approximate surface area is 190 Å². The van der Waals surface area contributed by atoms with Crippen molar-refractivity contribution in [3.63, 3.8) is 0 Å². The summed E-state index contributed by atoms with van der Waals surface area (Å²) in [6, 6.07) is 11.4. The van der Waals surface area contributed by atoms with Gasteiger partial charge in [0.25, 0.3) is 22.8 Å². The largest absolute Gasteiger partial charge is 0.350 e. The lowest BCUT2D eigenvalue weighted by Gasteiger charge is -2.08. The number of carbonyl (C=O) groups is 1. The molecule has 13 nitrogen and oxygen atoms in total. The zero-order chi connectivity index (χ0) is 24.2. The average Bonchev–Trinajstić information content (AvgIpc) is 3.24. The summed E-state index contributed by atoms with van der Waals surface area (Å²) in [6.45, 7) is 0.468. The van der Waals surface area contributed by atoms with Gasteiger partial charge in [-0.15, -0.1) is 0 Å². The van der Waals surface area contributed by atoms with Crippen LogP contribution in [0.5, 0.6) is 0 Å². The number of benzene rings is 2. The van der Waals surface area contributed by atoms with Gasteiger partial charge in [0.1, 0.15) is 11.7 Å². The minimum atomic E-state index is -0.579. The van der Waals surface area contributed by atoms with Crippen LogP contribution in [0.25, 0.3) is 11.0 Å². The maximum atomic E-state index is 12.8. The molecule has 0 atom stereocenters. The Bertz CT molecular complexity index is 1480. The van der Waals surface area contributed by atoms with Gasteiger partial charge >= 0.3 is 0 Å². The number of amides is 1. The number of aromatic nitrogens is 4. The van der Waals surface area contributed by atoms with Gasteiger partial charge in [-0.05, 0) is 11.6 Å². The fourth-order valence-electron chi connectivity index (χ4n) is 3.38.